The fraction of sp³-hybridized carbons (Fsp3) is 0. The number of anilines is 2. The highest BCUT2D eigenvalue weighted by molar-refractivity contribution is 6.00. The quantitative estimate of drug-likeness (QED) is 0.724. The van der Waals surface area contributed by atoms with Crippen LogP contribution in [0.25, 0.3) is 11.1 Å². The maximum absolute atomic E-state index is 12.1. The van der Waals surface area contributed by atoms with Gasteiger partial charge in [-0.15, -0.1) is 0 Å². The molecule has 4 nitrogen and oxygen atoms in total. The Labute approximate surface area is 140 Å². The SMILES string of the molecule is N#Cc1ccccc1NC(=O)Nc1ccc(-c2ccccc2)cc1. The van der Waals surface area contributed by atoms with Gasteiger partial charge in [0.05, 0.1) is 11.3 Å². The van der Waals surface area contributed by atoms with Crippen molar-refractivity contribution in [3.05, 3.63) is 84.4 Å². The van der Waals surface area contributed by atoms with Crippen molar-refractivity contribution in [1.29, 1.82) is 5.26 Å². The molecule has 0 spiro atoms. The molecule has 0 heterocycles. The molecule has 0 bridgehead atoms. The number of benzene rings is 3. The lowest BCUT2D eigenvalue weighted by Crippen LogP contribution is -2.19. The Bertz CT molecular complexity index is 881. The second-order valence-electron chi connectivity index (χ2n) is 5.18. The molecule has 0 saturated carbocycles. The summed E-state index contributed by atoms with van der Waals surface area (Å²) in [5.74, 6) is 0. The average Bonchev–Trinajstić information content (AvgIpc) is 2.63. The molecule has 0 fully saturated rings. The van der Waals surface area contributed by atoms with Crippen molar-refractivity contribution in [3.63, 3.8) is 0 Å². The number of carbonyl (C=O) groups is 1. The molecule has 3 aromatic rings. The lowest BCUT2D eigenvalue weighted by Gasteiger charge is -2.09. The van der Waals surface area contributed by atoms with Crippen molar-refractivity contribution in [3.8, 4) is 17.2 Å². The van der Waals surface area contributed by atoms with Crippen molar-refractivity contribution in [2.24, 2.45) is 0 Å². The maximum Gasteiger partial charge on any atom is 0.323 e. The summed E-state index contributed by atoms with van der Waals surface area (Å²) in [6, 6.07) is 26.2. The molecule has 0 saturated heterocycles. The molecular weight excluding hydrogens is 298 g/mol. The summed E-state index contributed by atoms with van der Waals surface area (Å²) in [5, 5.41) is 14.5. The first kappa shape index (κ1) is 15.3. The van der Waals surface area contributed by atoms with Crippen LogP contribution in [0.3, 0.4) is 0 Å². The molecule has 116 valence electrons. The van der Waals surface area contributed by atoms with E-state index < -0.39 is 0 Å². The summed E-state index contributed by atoms with van der Waals surface area (Å²) in [5.41, 5.74) is 3.79. The van der Waals surface area contributed by atoms with E-state index >= 15 is 0 Å². The van der Waals surface area contributed by atoms with E-state index in [1.54, 1.807) is 24.3 Å². The van der Waals surface area contributed by atoms with E-state index in [0.29, 0.717) is 16.9 Å². The van der Waals surface area contributed by atoms with E-state index in [1.165, 1.54) is 0 Å². The van der Waals surface area contributed by atoms with Gasteiger partial charge in [-0.1, -0.05) is 54.6 Å². The minimum absolute atomic E-state index is 0.384. The highest BCUT2D eigenvalue weighted by atomic mass is 16.2. The first-order valence-electron chi connectivity index (χ1n) is 7.49. The second-order valence-corrected chi connectivity index (χ2v) is 5.18. The van der Waals surface area contributed by atoms with Crippen LogP contribution in [0, 0.1) is 11.3 Å². The lowest BCUT2D eigenvalue weighted by molar-refractivity contribution is 0.262. The van der Waals surface area contributed by atoms with Gasteiger partial charge in [0.15, 0.2) is 0 Å². The number of amides is 2. The monoisotopic (exact) mass is 313 g/mol. The maximum atomic E-state index is 12.1. The normalized spacial score (nSPS) is 9.79. The summed E-state index contributed by atoms with van der Waals surface area (Å²) in [6.07, 6.45) is 0. The molecule has 0 atom stereocenters. The van der Waals surface area contributed by atoms with Gasteiger partial charge in [-0.05, 0) is 35.4 Å². The van der Waals surface area contributed by atoms with Gasteiger partial charge in [0.1, 0.15) is 6.07 Å². The van der Waals surface area contributed by atoms with Gasteiger partial charge in [0.25, 0.3) is 0 Å². The van der Waals surface area contributed by atoms with Crippen LogP contribution in [0.2, 0.25) is 0 Å². The van der Waals surface area contributed by atoms with Crippen LogP contribution in [-0.2, 0) is 0 Å². The molecule has 3 aromatic carbocycles. The zero-order chi connectivity index (χ0) is 16.8. The van der Waals surface area contributed by atoms with E-state index in [9.17, 15) is 4.79 Å². The molecule has 0 radical (unpaired) electrons. The van der Waals surface area contributed by atoms with Crippen LogP contribution in [0.15, 0.2) is 78.9 Å². The number of rotatable bonds is 3. The lowest BCUT2D eigenvalue weighted by atomic mass is 10.1. The van der Waals surface area contributed by atoms with Crippen molar-refractivity contribution in [2.45, 2.75) is 0 Å². The molecule has 3 rings (SSSR count). The van der Waals surface area contributed by atoms with Gasteiger partial charge < -0.3 is 10.6 Å². The molecule has 0 aromatic heterocycles. The fourth-order valence-electron chi connectivity index (χ4n) is 2.35. The van der Waals surface area contributed by atoms with Gasteiger partial charge >= 0.3 is 6.03 Å². The minimum Gasteiger partial charge on any atom is -0.308 e. The second kappa shape index (κ2) is 7.12. The third-order valence-corrected chi connectivity index (χ3v) is 3.55. The Morgan fingerprint density at radius 1 is 0.750 bits per heavy atom. The predicted molar refractivity (Wildman–Crippen MR) is 95.7 cm³/mol. The molecule has 0 aliphatic carbocycles. The first-order valence-corrected chi connectivity index (χ1v) is 7.49. The Morgan fingerprint density at radius 2 is 1.38 bits per heavy atom. The number of hydrogen-bond acceptors (Lipinski definition) is 2. The Kier molecular flexibility index (Phi) is 4.55. The number of nitrogens with zero attached hydrogens (tertiary/aromatic N) is 1. The van der Waals surface area contributed by atoms with Crippen molar-refractivity contribution < 1.29 is 4.79 Å². The number of urea groups is 1. The van der Waals surface area contributed by atoms with Gasteiger partial charge in [0, 0.05) is 5.69 Å². The topological polar surface area (TPSA) is 64.9 Å². The Hall–Kier alpha value is -3.58. The molecule has 2 amide bonds. The summed E-state index contributed by atoms with van der Waals surface area (Å²) < 4.78 is 0. The standard InChI is InChI=1S/C20H15N3O/c21-14-17-8-4-5-9-19(17)23-20(24)22-18-12-10-16(11-13-18)15-6-2-1-3-7-15/h1-13H,(H2,22,23,24). The molecule has 2 N–H and O–H groups in total. The molecule has 0 aliphatic rings. The van der Waals surface area contributed by atoms with Crippen LogP contribution < -0.4 is 10.6 Å². The fourth-order valence-corrected chi connectivity index (χ4v) is 2.35. The average molecular weight is 313 g/mol. The summed E-state index contributed by atoms with van der Waals surface area (Å²) in [4.78, 5) is 12.1. The van der Waals surface area contributed by atoms with Crippen molar-refractivity contribution in [2.75, 3.05) is 10.6 Å². The zero-order valence-electron chi connectivity index (χ0n) is 12.9. The summed E-state index contributed by atoms with van der Waals surface area (Å²) in [6.45, 7) is 0. The zero-order valence-corrected chi connectivity index (χ0v) is 12.9. The van der Waals surface area contributed by atoms with Crippen LogP contribution >= 0.6 is 0 Å². The Morgan fingerprint density at radius 3 is 2.08 bits per heavy atom. The molecular formula is C20H15N3O. The van der Waals surface area contributed by atoms with E-state index in [4.69, 9.17) is 5.26 Å². The Balaban J connectivity index is 1.68. The highest BCUT2D eigenvalue weighted by Crippen LogP contribution is 2.21. The molecule has 0 aliphatic heterocycles. The van der Waals surface area contributed by atoms with Gasteiger partial charge in [-0.3, -0.25) is 0 Å². The smallest absolute Gasteiger partial charge is 0.308 e. The van der Waals surface area contributed by atoms with Gasteiger partial charge in [0.2, 0.25) is 0 Å². The summed E-state index contributed by atoms with van der Waals surface area (Å²) in [7, 11) is 0. The van der Waals surface area contributed by atoms with Crippen LogP contribution in [0.1, 0.15) is 5.56 Å². The van der Waals surface area contributed by atoms with Crippen molar-refractivity contribution >= 4 is 17.4 Å². The van der Waals surface area contributed by atoms with Gasteiger partial charge in [-0.2, -0.15) is 5.26 Å². The van der Waals surface area contributed by atoms with E-state index in [2.05, 4.69) is 10.6 Å². The number of nitriles is 1. The number of nitrogens with one attached hydrogen (secondary N) is 2. The molecule has 24 heavy (non-hydrogen) atoms. The van der Waals surface area contributed by atoms with E-state index in [-0.39, 0.29) is 6.03 Å². The third kappa shape index (κ3) is 3.60. The highest BCUT2D eigenvalue weighted by Gasteiger charge is 2.06. The largest absolute Gasteiger partial charge is 0.323 e. The predicted octanol–water partition coefficient (Wildman–Crippen LogP) is 4.87. The number of hydrogen-bond donors (Lipinski definition) is 2. The third-order valence-electron chi connectivity index (χ3n) is 3.55. The first-order chi connectivity index (χ1) is 11.8. The van der Waals surface area contributed by atoms with Crippen LogP contribution in [0.5, 0.6) is 0 Å². The van der Waals surface area contributed by atoms with E-state index in [1.807, 2.05) is 60.7 Å². The van der Waals surface area contributed by atoms with Gasteiger partial charge in [-0.25, -0.2) is 4.79 Å². The molecule has 4 heteroatoms. The molecule has 0 unspecified atom stereocenters. The van der Waals surface area contributed by atoms with Crippen LogP contribution in [-0.4, -0.2) is 6.03 Å². The van der Waals surface area contributed by atoms with E-state index in [0.717, 1.165) is 11.1 Å². The van der Waals surface area contributed by atoms with Crippen molar-refractivity contribution in [1.82, 2.24) is 0 Å². The number of para-hydroxylation sites is 1. The van der Waals surface area contributed by atoms with Crippen LogP contribution in [0.4, 0.5) is 16.2 Å². The minimum atomic E-state index is -0.384. The summed E-state index contributed by atoms with van der Waals surface area (Å²) >= 11 is 0. The number of carbonyl (C=O) groups excluding carboxylic acids is 1.